The van der Waals surface area contributed by atoms with E-state index in [0.717, 1.165) is 4.90 Å². The Labute approximate surface area is 171 Å². The summed E-state index contributed by atoms with van der Waals surface area (Å²) in [6.07, 6.45) is 1.61. The Kier molecular flexibility index (Phi) is 5.76. The monoisotopic (exact) mass is 407 g/mol. The number of rotatable bonds is 6. The normalized spacial score (nSPS) is 12.3. The van der Waals surface area contributed by atoms with Crippen LogP contribution in [0.4, 0.5) is 0 Å². The quantitative estimate of drug-likeness (QED) is 0.451. The number of ether oxygens (including phenoxy) is 3. The van der Waals surface area contributed by atoms with E-state index >= 15 is 0 Å². The molecule has 7 heteroatoms. The van der Waals surface area contributed by atoms with Gasteiger partial charge in [0, 0.05) is 16.7 Å². The number of carbonyl (C=O) groups excluding carboxylic acids is 2. The van der Waals surface area contributed by atoms with Crippen LogP contribution >= 0.6 is 11.8 Å². The molecule has 1 aliphatic heterocycles. The Morgan fingerprint density at radius 3 is 2.59 bits per heavy atom. The molecule has 4 rings (SSSR count). The molecule has 2 heterocycles. The number of pyridine rings is 1. The van der Waals surface area contributed by atoms with Crippen LogP contribution in [0.15, 0.2) is 76.8 Å². The summed E-state index contributed by atoms with van der Waals surface area (Å²) in [4.78, 5) is 30.2. The van der Waals surface area contributed by atoms with Gasteiger partial charge in [-0.15, -0.1) is 0 Å². The minimum absolute atomic E-state index is 0.316. The van der Waals surface area contributed by atoms with Gasteiger partial charge in [-0.3, -0.25) is 4.79 Å². The van der Waals surface area contributed by atoms with Crippen LogP contribution in [0.1, 0.15) is 20.7 Å². The topological polar surface area (TPSA) is 74.7 Å². The van der Waals surface area contributed by atoms with E-state index in [-0.39, 0.29) is 12.4 Å². The highest BCUT2D eigenvalue weighted by Gasteiger charge is 2.19. The number of hydrogen-bond acceptors (Lipinski definition) is 7. The molecule has 2 aromatic carbocycles. The van der Waals surface area contributed by atoms with Gasteiger partial charge in [0.15, 0.2) is 23.9 Å². The van der Waals surface area contributed by atoms with Gasteiger partial charge in [-0.2, -0.15) is 0 Å². The van der Waals surface area contributed by atoms with Crippen LogP contribution in [0.25, 0.3) is 0 Å². The molecule has 0 unspecified atom stereocenters. The second-order valence-electron chi connectivity index (χ2n) is 6.13. The van der Waals surface area contributed by atoms with E-state index < -0.39 is 5.97 Å². The molecule has 0 fully saturated rings. The molecule has 146 valence electrons. The summed E-state index contributed by atoms with van der Waals surface area (Å²) in [5.74, 6) is 0.198. The average molecular weight is 407 g/mol. The Balaban J connectivity index is 1.43. The smallest absolute Gasteiger partial charge is 0.341 e. The molecule has 0 saturated carbocycles. The zero-order valence-electron chi connectivity index (χ0n) is 15.4. The minimum Gasteiger partial charge on any atom is -0.486 e. The molecule has 0 amide bonds. The van der Waals surface area contributed by atoms with E-state index in [2.05, 4.69) is 4.98 Å². The third-order valence-electron chi connectivity index (χ3n) is 4.15. The van der Waals surface area contributed by atoms with Crippen molar-refractivity contribution < 1.29 is 23.8 Å². The standard InChI is InChI=1S/C22H17NO5S/c24-18(15-8-9-19-20(13-15)27-12-11-26-19)14-28-22(25)17-7-4-10-23-21(17)29-16-5-2-1-3-6-16/h1-10,13H,11-12,14H2. The third kappa shape index (κ3) is 4.57. The molecular weight excluding hydrogens is 390 g/mol. The summed E-state index contributed by atoms with van der Waals surface area (Å²) in [7, 11) is 0. The summed E-state index contributed by atoms with van der Waals surface area (Å²) in [6, 6.07) is 17.8. The summed E-state index contributed by atoms with van der Waals surface area (Å²) in [6.45, 7) is 0.539. The molecule has 0 spiro atoms. The maximum atomic E-state index is 12.6. The van der Waals surface area contributed by atoms with Crippen molar-refractivity contribution in [1.82, 2.24) is 4.98 Å². The maximum Gasteiger partial charge on any atom is 0.341 e. The SMILES string of the molecule is O=C(COC(=O)c1cccnc1Sc1ccccc1)c1ccc2c(c1)OCCO2. The molecule has 0 bridgehead atoms. The largest absolute Gasteiger partial charge is 0.486 e. The molecule has 6 nitrogen and oxygen atoms in total. The number of nitrogens with zero attached hydrogens (tertiary/aromatic N) is 1. The first kappa shape index (κ1) is 19.0. The van der Waals surface area contributed by atoms with Crippen molar-refractivity contribution in [3.8, 4) is 11.5 Å². The molecule has 0 saturated heterocycles. The summed E-state index contributed by atoms with van der Waals surface area (Å²) in [5.41, 5.74) is 0.712. The van der Waals surface area contributed by atoms with Gasteiger partial charge in [0.1, 0.15) is 18.2 Å². The number of aromatic nitrogens is 1. The second kappa shape index (κ2) is 8.79. The summed E-state index contributed by atoms with van der Waals surface area (Å²) < 4.78 is 16.2. The van der Waals surface area contributed by atoms with Crippen LogP contribution < -0.4 is 9.47 Å². The average Bonchev–Trinajstić information content (AvgIpc) is 2.78. The van der Waals surface area contributed by atoms with Crippen molar-refractivity contribution >= 4 is 23.5 Å². The highest BCUT2D eigenvalue weighted by Crippen LogP contribution is 2.31. The summed E-state index contributed by atoms with van der Waals surface area (Å²) >= 11 is 1.36. The van der Waals surface area contributed by atoms with Gasteiger partial charge in [-0.05, 0) is 42.5 Å². The molecule has 0 aliphatic carbocycles. The second-order valence-corrected chi connectivity index (χ2v) is 7.19. The first-order valence-corrected chi connectivity index (χ1v) is 9.80. The van der Waals surface area contributed by atoms with Gasteiger partial charge in [0.05, 0.1) is 5.56 Å². The number of esters is 1. The number of ketones is 1. The number of hydrogen-bond donors (Lipinski definition) is 0. The number of fused-ring (bicyclic) bond motifs is 1. The van der Waals surface area contributed by atoms with Gasteiger partial charge in [0.25, 0.3) is 0 Å². The highest BCUT2D eigenvalue weighted by atomic mass is 32.2. The van der Waals surface area contributed by atoms with Gasteiger partial charge in [-0.1, -0.05) is 30.0 Å². The van der Waals surface area contributed by atoms with Crippen molar-refractivity contribution in [3.05, 3.63) is 78.0 Å². The molecular formula is C22H17NO5S. The molecule has 1 aromatic heterocycles. The lowest BCUT2D eigenvalue weighted by atomic mass is 10.1. The first-order chi connectivity index (χ1) is 14.2. The van der Waals surface area contributed by atoms with Gasteiger partial charge < -0.3 is 14.2 Å². The Bertz CT molecular complexity index is 1040. The maximum absolute atomic E-state index is 12.6. The number of benzene rings is 2. The Morgan fingerprint density at radius 2 is 1.76 bits per heavy atom. The van der Waals surface area contributed by atoms with Crippen LogP contribution in [-0.2, 0) is 4.74 Å². The van der Waals surface area contributed by atoms with E-state index in [1.165, 1.54) is 11.8 Å². The van der Waals surface area contributed by atoms with Crippen LogP contribution in [0.2, 0.25) is 0 Å². The fraction of sp³-hybridized carbons (Fsp3) is 0.136. The Hall–Kier alpha value is -3.32. The molecule has 1 aliphatic rings. The number of carbonyl (C=O) groups is 2. The fourth-order valence-corrected chi connectivity index (χ4v) is 3.63. The first-order valence-electron chi connectivity index (χ1n) is 8.98. The van der Waals surface area contributed by atoms with Crippen molar-refractivity contribution in [3.63, 3.8) is 0 Å². The lowest BCUT2D eigenvalue weighted by molar-refractivity contribution is 0.0470. The van der Waals surface area contributed by atoms with Crippen molar-refractivity contribution in [2.24, 2.45) is 0 Å². The molecule has 29 heavy (non-hydrogen) atoms. The third-order valence-corrected chi connectivity index (χ3v) is 5.17. The Morgan fingerprint density at radius 1 is 0.966 bits per heavy atom. The predicted octanol–water partition coefficient (Wildman–Crippen LogP) is 4.04. The zero-order chi connectivity index (χ0) is 20.1. The minimum atomic E-state index is -0.595. The van der Waals surface area contributed by atoms with Crippen LogP contribution in [0.5, 0.6) is 11.5 Å². The van der Waals surface area contributed by atoms with E-state index in [1.807, 2.05) is 30.3 Å². The van der Waals surface area contributed by atoms with Gasteiger partial charge in [0.2, 0.25) is 0 Å². The number of Topliss-reactive ketones (excluding diaryl/α,β-unsaturated/α-hetero) is 1. The van der Waals surface area contributed by atoms with Gasteiger partial charge >= 0.3 is 5.97 Å². The van der Waals surface area contributed by atoms with Crippen molar-refractivity contribution in [2.75, 3.05) is 19.8 Å². The lowest BCUT2D eigenvalue weighted by Crippen LogP contribution is -2.17. The van der Waals surface area contributed by atoms with Gasteiger partial charge in [-0.25, -0.2) is 9.78 Å². The van der Waals surface area contributed by atoms with E-state index in [1.54, 1.807) is 36.5 Å². The molecule has 0 N–H and O–H groups in total. The van der Waals surface area contributed by atoms with Crippen molar-refractivity contribution in [1.29, 1.82) is 0 Å². The lowest BCUT2D eigenvalue weighted by Gasteiger charge is -2.18. The molecule has 3 aromatic rings. The van der Waals surface area contributed by atoms with Crippen LogP contribution in [0, 0.1) is 0 Å². The zero-order valence-corrected chi connectivity index (χ0v) is 16.2. The van der Waals surface area contributed by atoms with Crippen LogP contribution in [0.3, 0.4) is 0 Å². The molecule has 0 atom stereocenters. The van der Waals surface area contributed by atoms with E-state index in [9.17, 15) is 9.59 Å². The fourth-order valence-electron chi connectivity index (χ4n) is 2.74. The van der Waals surface area contributed by atoms with Crippen LogP contribution in [-0.4, -0.2) is 36.6 Å². The summed E-state index contributed by atoms with van der Waals surface area (Å²) in [5, 5.41) is 0.524. The van der Waals surface area contributed by atoms with Crippen molar-refractivity contribution in [2.45, 2.75) is 9.92 Å². The van der Waals surface area contributed by atoms with E-state index in [0.29, 0.717) is 40.9 Å². The van der Waals surface area contributed by atoms with E-state index in [4.69, 9.17) is 14.2 Å². The highest BCUT2D eigenvalue weighted by molar-refractivity contribution is 7.99. The molecule has 0 radical (unpaired) electrons. The predicted molar refractivity (Wildman–Crippen MR) is 107 cm³/mol.